The van der Waals surface area contributed by atoms with E-state index in [1.54, 1.807) is 12.1 Å². The molecule has 0 amide bonds. The Morgan fingerprint density at radius 2 is 1.87 bits per heavy atom. The first kappa shape index (κ1) is 19.2. The fraction of sp³-hybridized carbons (Fsp3) is 0.143. The van der Waals surface area contributed by atoms with Crippen LogP contribution in [-0.2, 0) is 10.0 Å². The van der Waals surface area contributed by atoms with Gasteiger partial charge in [0.2, 0.25) is 0 Å². The Balaban J connectivity index is 1.48. The van der Waals surface area contributed by atoms with Gasteiger partial charge in [-0.25, -0.2) is 13.4 Å². The summed E-state index contributed by atoms with van der Waals surface area (Å²) >= 11 is 0. The predicted molar refractivity (Wildman–Crippen MR) is 118 cm³/mol. The number of hydrogen-bond acceptors (Lipinski definition) is 7. The van der Waals surface area contributed by atoms with E-state index in [2.05, 4.69) is 25.1 Å². The highest BCUT2D eigenvalue weighted by molar-refractivity contribution is 7.92. The number of benzene rings is 2. The number of nitrogen functional groups attached to an aromatic ring is 1. The number of nitrogens with one attached hydrogen (secondary N) is 2. The number of aromatic nitrogens is 3. The van der Waals surface area contributed by atoms with Gasteiger partial charge in [-0.3, -0.25) is 9.82 Å². The van der Waals surface area contributed by atoms with Crippen molar-refractivity contribution >= 4 is 38.2 Å². The molecule has 1 fully saturated rings. The Hall–Kier alpha value is -3.79. The third-order valence-corrected chi connectivity index (χ3v) is 6.63. The highest BCUT2D eigenvalue weighted by atomic mass is 32.2. The maximum atomic E-state index is 12.6. The van der Waals surface area contributed by atoms with Crippen molar-refractivity contribution in [2.45, 2.75) is 23.7 Å². The van der Waals surface area contributed by atoms with Crippen LogP contribution in [0.4, 0.5) is 17.2 Å². The molecule has 0 spiro atoms. The van der Waals surface area contributed by atoms with E-state index in [0.717, 1.165) is 35.0 Å². The van der Waals surface area contributed by atoms with Gasteiger partial charge in [0.1, 0.15) is 11.5 Å². The third-order valence-electron chi connectivity index (χ3n) is 5.25. The minimum atomic E-state index is -3.86. The van der Waals surface area contributed by atoms with E-state index in [1.165, 1.54) is 24.3 Å². The van der Waals surface area contributed by atoms with Crippen LogP contribution in [0.2, 0.25) is 0 Å². The molecular weight excluding hydrogens is 416 g/mol. The van der Waals surface area contributed by atoms with Gasteiger partial charge in [0, 0.05) is 17.3 Å². The lowest BCUT2D eigenvalue weighted by Gasteiger charge is -2.10. The van der Waals surface area contributed by atoms with Crippen molar-refractivity contribution in [3.8, 4) is 11.1 Å². The van der Waals surface area contributed by atoms with Gasteiger partial charge in [0.05, 0.1) is 10.3 Å². The molecule has 0 radical (unpaired) electrons. The molecule has 2 aromatic heterocycles. The van der Waals surface area contributed by atoms with Gasteiger partial charge in [0.15, 0.2) is 5.65 Å². The Labute approximate surface area is 177 Å². The van der Waals surface area contributed by atoms with Crippen LogP contribution in [0.1, 0.15) is 24.5 Å². The number of H-pyrrole nitrogens is 1. The second-order valence-corrected chi connectivity index (χ2v) is 9.16. The highest BCUT2D eigenvalue weighted by Crippen LogP contribution is 2.42. The van der Waals surface area contributed by atoms with Crippen LogP contribution in [0, 0.1) is 4.91 Å². The summed E-state index contributed by atoms with van der Waals surface area (Å²) in [7, 11) is -3.86. The standard InChI is InChI=1S/C21H18N6O3S/c22-20-19-17(11-18(13-4-5-13)23-21(19)25-24-20)12-6-8-14(9-7-12)27-31(29,30)16-3-1-2-15(10-16)26-28/h1-3,6-11,13,27H,4-5H2,(H3,22,23,24,25). The number of sulfonamides is 1. The van der Waals surface area contributed by atoms with Gasteiger partial charge < -0.3 is 5.73 Å². The Morgan fingerprint density at radius 3 is 2.58 bits per heavy atom. The van der Waals surface area contributed by atoms with Gasteiger partial charge >= 0.3 is 0 Å². The molecule has 0 bridgehead atoms. The van der Waals surface area contributed by atoms with Crippen molar-refractivity contribution in [1.82, 2.24) is 15.2 Å². The molecule has 10 heteroatoms. The summed E-state index contributed by atoms with van der Waals surface area (Å²) in [5, 5.41) is 10.5. The molecule has 2 aromatic carbocycles. The monoisotopic (exact) mass is 434 g/mol. The number of rotatable bonds is 6. The normalized spacial score (nSPS) is 13.9. The number of nitrogens with zero attached hydrogens (tertiary/aromatic N) is 3. The Kier molecular flexibility index (Phi) is 4.44. The summed E-state index contributed by atoms with van der Waals surface area (Å²) in [5.41, 5.74) is 9.85. The molecule has 0 atom stereocenters. The average molecular weight is 434 g/mol. The van der Waals surface area contributed by atoms with Crippen LogP contribution >= 0.6 is 0 Å². The number of fused-ring (bicyclic) bond motifs is 1. The van der Waals surface area contributed by atoms with Crippen LogP contribution in [0.3, 0.4) is 0 Å². The molecule has 4 aromatic rings. The topological polar surface area (TPSA) is 143 Å². The van der Waals surface area contributed by atoms with Crippen molar-refractivity contribution in [1.29, 1.82) is 0 Å². The second kappa shape index (κ2) is 7.17. The summed E-state index contributed by atoms with van der Waals surface area (Å²) in [4.78, 5) is 15.3. The zero-order chi connectivity index (χ0) is 21.6. The van der Waals surface area contributed by atoms with Gasteiger partial charge in [-0.1, -0.05) is 18.2 Å². The molecule has 0 unspecified atom stereocenters. The van der Waals surface area contributed by atoms with Crippen molar-refractivity contribution in [3.63, 3.8) is 0 Å². The van der Waals surface area contributed by atoms with Crippen molar-refractivity contribution in [3.05, 3.63) is 65.2 Å². The van der Waals surface area contributed by atoms with E-state index >= 15 is 0 Å². The number of nitroso groups, excluding NO2 is 1. The molecule has 2 heterocycles. The molecule has 4 N–H and O–H groups in total. The van der Waals surface area contributed by atoms with E-state index in [-0.39, 0.29) is 10.6 Å². The highest BCUT2D eigenvalue weighted by Gasteiger charge is 2.27. The zero-order valence-electron chi connectivity index (χ0n) is 16.2. The first-order chi connectivity index (χ1) is 14.9. The molecule has 1 aliphatic rings. The van der Waals surface area contributed by atoms with E-state index in [4.69, 9.17) is 5.73 Å². The van der Waals surface area contributed by atoms with Crippen LogP contribution in [0.5, 0.6) is 0 Å². The van der Waals surface area contributed by atoms with E-state index in [1.807, 2.05) is 18.2 Å². The Bertz CT molecular complexity index is 1410. The molecule has 31 heavy (non-hydrogen) atoms. The second-order valence-electron chi connectivity index (χ2n) is 7.48. The molecule has 5 rings (SSSR count). The lowest BCUT2D eigenvalue weighted by molar-refractivity contribution is 0.601. The maximum absolute atomic E-state index is 12.6. The zero-order valence-corrected chi connectivity index (χ0v) is 17.1. The van der Waals surface area contributed by atoms with E-state index < -0.39 is 10.0 Å². The fourth-order valence-corrected chi connectivity index (χ4v) is 4.62. The summed E-state index contributed by atoms with van der Waals surface area (Å²) < 4.78 is 27.8. The molecule has 0 saturated heterocycles. The van der Waals surface area contributed by atoms with Crippen LogP contribution < -0.4 is 10.5 Å². The van der Waals surface area contributed by atoms with Crippen molar-refractivity contribution in [2.75, 3.05) is 10.5 Å². The van der Waals surface area contributed by atoms with Gasteiger partial charge in [-0.05, 0) is 65.5 Å². The summed E-state index contributed by atoms with van der Waals surface area (Å²) in [6.07, 6.45) is 2.22. The summed E-state index contributed by atoms with van der Waals surface area (Å²) in [6, 6.07) is 14.5. The molecule has 156 valence electrons. The van der Waals surface area contributed by atoms with E-state index in [0.29, 0.717) is 23.1 Å². The lowest BCUT2D eigenvalue weighted by atomic mass is 10.0. The minimum absolute atomic E-state index is 0.0373. The number of anilines is 2. The largest absolute Gasteiger partial charge is 0.383 e. The first-order valence-corrected chi connectivity index (χ1v) is 11.1. The predicted octanol–water partition coefficient (Wildman–Crippen LogP) is 4.28. The summed E-state index contributed by atoms with van der Waals surface area (Å²) in [6.45, 7) is 0. The van der Waals surface area contributed by atoms with Gasteiger partial charge in [-0.15, -0.1) is 4.91 Å². The number of hydrogen-bond donors (Lipinski definition) is 3. The van der Waals surface area contributed by atoms with Gasteiger partial charge in [0.25, 0.3) is 10.0 Å². The van der Waals surface area contributed by atoms with E-state index in [9.17, 15) is 13.3 Å². The SMILES string of the molecule is Nc1[nH]nc2nc(C3CC3)cc(-c3ccc(NS(=O)(=O)c4cccc(N=O)c4)cc3)c12. The van der Waals surface area contributed by atoms with Gasteiger partial charge in [-0.2, -0.15) is 5.10 Å². The molecular formula is C21H18N6O3S. The molecule has 1 saturated carbocycles. The molecule has 1 aliphatic carbocycles. The molecule has 9 nitrogen and oxygen atoms in total. The smallest absolute Gasteiger partial charge is 0.261 e. The van der Waals surface area contributed by atoms with Crippen LogP contribution in [-0.4, -0.2) is 23.6 Å². The van der Waals surface area contributed by atoms with Crippen molar-refractivity contribution in [2.24, 2.45) is 5.18 Å². The average Bonchev–Trinajstić information content (AvgIpc) is 3.57. The minimum Gasteiger partial charge on any atom is -0.383 e. The maximum Gasteiger partial charge on any atom is 0.261 e. The third kappa shape index (κ3) is 3.61. The first-order valence-electron chi connectivity index (χ1n) is 9.66. The number of aromatic amines is 1. The molecule has 0 aliphatic heterocycles. The number of pyridine rings is 1. The van der Waals surface area contributed by atoms with Crippen molar-refractivity contribution < 1.29 is 8.42 Å². The van der Waals surface area contributed by atoms with Crippen LogP contribution in [0.15, 0.2) is 64.7 Å². The quantitative estimate of drug-likeness (QED) is 0.386. The summed E-state index contributed by atoms with van der Waals surface area (Å²) in [5.74, 6) is 0.886. The van der Waals surface area contributed by atoms with Crippen LogP contribution in [0.25, 0.3) is 22.2 Å². The Morgan fingerprint density at radius 1 is 1.10 bits per heavy atom. The lowest BCUT2D eigenvalue weighted by Crippen LogP contribution is -2.12. The number of nitrogens with two attached hydrogens (primary N) is 1. The fourth-order valence-electron chi connectivity index (χ4n) is 3.52.